The molecule has 2 aromatic rings. The number of fused-ring (bicyclic) bond motifs is 1. The first-order valence-corrected chi connectivity index (χ1v) is 10.9. The molecule has 1 amide bonds. The zero-order chi connectivity index (χ0) is 20.6. The van der Waals surface area contributed by atoms with E-state index in [0.717, 1.165) is 47.5 Å². The van der Waals surface area contributed by atoms with Crippen molar-refractivity contribution in [3.05, 3.63) is 30.1 Å². The lowest BCUT2D eigenvalue weighted by atomic mass is 10.1. The lowest BCUT2D eigenvalue weighted by molar-refractivity contribution is -0.121. The lowest BCUT2D eigenvalue weighted by Crippen LogP contribution is -2.36. The molecule has 0 aliphatic carbocycles. The highest BCUT2D eigenvalue weighted by Crippen LogP contribution is 2.29. The second kappa shape index (κ2) is 10.5. The van der Waals surface area contributed by atoms with Crippen LogP contribution in [0.5, 0.6) is 11.5 Å². The average Bonchev–Trinajstić information content (AvgIpc) is 3.04. The second-order valence-corrected chi connectivity index (χ2v) is 8.09. The maximum atomic E-state index is 12.3. The fraction of sp³-hybridized carbons (Fsp3) is 0.550. The third-order valence-electron chi connectivity index (χ3n) is 4.85. The first-order chi connectivity index (χ1) is 14.1. The summed E-state index contributed by atoms with van der Waals surface area (Å²) < 4.78 is 13.4. The number of rotatable bonds is 9. The van der Waals surface area contributed by atoms with Gasteiger partial charge in [0.2, 0.25) is 5.91 Å². The van der Waals surface area contributed by atoms with Crippen LogP contribution in [0.3, 0.4) is 0 Å². The van der Waals surface area contributed by atoms with Gasteiger partial charge in [0, 0.05) is 51.0 Å². The molecule has 1 atom stereocenters. The fourth-order valence-electron chi connectivity index (χ4n) is 3.20. The Morgan fingerprint density at radius 3 is 3.03 bits per heavy atom. The molecule has 1 aliphatic heterocycles. The van der Waals surface area contributed by atoms with Crippen molar-refractivity contribution in [1.29, 1.82) is 0 Å². The predicted octanol–water partition coefficient (Wildman–Crippen LogP) is 2.10. The van der Waals surface area contributed by atoms with Gasteiger partial charge < -0.3 is 19.4 Å². The highest BCUT2D eigenvalue weighted by molar-refractivity contribution is 7.99. The van der Waals surface area contributed by atoms with E-state index < -0.39 is 0 Å². The molecule has 0 fully saturated rings. The molecular formula is C20H29N5O3S. The van der Waals surface area contributed by atoms with Gasteiger partial charge in [0.15, 0.2) is 5.16 Å². The first kappa shape index (κ1) is 21.4. The Morgan fingerprint density at radius 1 is 1.45 bits per heavy atom. The van der Waals surface area contributed by atoms with Crippen molar-refractivity contribution < 1.29 is 14.3 Å². The molecule has 9 heteroatoms. The van der Waals surface area contributed by atoms with E-state index in [4.69, 9.17) is 9.47 Å². The Labute approximate surface area is 176 Å². The number of carbonyl (C=O) groups is 1. The van der Waals surface area contributed by atoms with Crippen molar-refractivity contribution in [2.24, 2.45) is 7.05 Å². The molecule has 1 unspecified atom stereocenters. The number of nitrogens with zero attached hydrogens (tertiary/aromatic N) is 4. The van der Waals surface area contributed by atoms with Crippen LogP contribution >= 0.6 is 11.8 Å². The molecular weight excluding hydrogens is 390 g/mol. The number of carbonyl (C=O) groups excluding carboxylic acids is 1. The highest BCUT2D eigenvalue weighted by atomic mass is 32.2. The fourth-order valence-corrected chi connectivity index (χ4v) is 3.94. The molecule has 2 heterocycles. The summed E-state index contributed by atoms with van der Waals surface area (Å²) in [5.74, 6) is 2.56. The zero-order valence-corrected chi connectivity index (χ0v) is 18.1. The van der Waals surface area contributed by atoms with Gasteiger partial charge in [0.1, 0.15) is 23.9 Å². The molecule has 0 saturated carbocycles. The van der Waals surface area contributed by atoms with Crippen LogP contribution in [0.4, 0.5) is 0 Å². The van der Waals surface area contributed by atoms with Crippen molar-refractivity contribution in [2.45, 2.75) is 37.6 Å². The number of thioether (sulfide) groups is 1. The van der Waals surface area contributed by atoms with E-state index in [1.165, 1.54) is 0 Å². The quantitative estimate of drug-likeness (QED) is 0.492. The van der Waals surface area contributed by atoms with E-state index in [2.05, 4.69) is 27.3 Å². The Bertz CT molecular complexity index is 813. The van der Waals surface area contributed by atoms with Gasteiger partial charge in [-0.05, 0) is 24.6 Å². The molecule has 0 bridgehead atoms. The summed E-state index contributed by atoms with van der Waals surface area (Å²) in [5, 5.41) is 11.7. The maximum absolute atomic E-state index is 12.3. The van der Waals surface area contributed by atoms with Gasteiger partial charge in [-0.1, -0.05) is 18.7 Å². The topological polar surface area (TPSA) is 81.5 Å². The summed E-state index contributed by atoms with van der Waals surface area (Å²) in [6.07, 6.45) is 3.18. The van der Waals surface area contributed by atoms with E-state index in [1.54, 1.807) is 25.2 Å². The van der Waals surface area contributed by atoms with Crippen LogP contribution in [0, 0.1) is 0 Å². The summed E-state index contributed by atoms with van der Waals surface area (Å²) in [7, 11) is 3.57. The molecule has 0 spiro atoms. The number of benzene rings is 1. The Hall–Kier alpha value is -2.26. The normalized spacial score (nSPS) is 16.6. The Morgan fingerprint density at radius 2 is 2.31 bits per heavy atom. The van der Waals surface area contributed by atoms with Gasteiger partial charge in [-0.2, -0.15) is 0 Å². The number of aromatic nitrogens is 3. The molecule has 3 rings (SSSR count). The van der Waals surface area contributed by atoms with E-state index in [-0.39, 0.29) is 12.0 Å². The van der Waals surface area contributed by atoms with E-state index in [9.17, 15) is 4.79 Å². The molecule has 29 heavy (non-hydrogen) atoms. The number of methoxy groups -OCH3 is 1. The van der Waals surface area contributed by atoms with E-state index in [0.29, 0.717) is 19.5 Å². The third-order valence-corrected chi connectivity index (χ3v) is 5.89. The first-order valence-electron chi connectivity index (χ1n) is 9.88. The summed E-state index contributed by atoms with van der Waals surface area (Å²) in [5.41, 5.74) is 1.10. The average molecular weight is 420 g/mol. The molecule has 0 saturated heterocycles. The zero-order valence-electron chi connectivity index (χ0n) is 17.3. The SMILES string of the molecule is CCC1CN(CCC(=O)NCCSc2nncn2C)Cc2cc(OC)ccc2O1. The number of ether oxygens (including phenoxy) is 2. The number of nitrogens with one attached hydrogen (secondary N) is 1. The number of hydrogen-bond donors (Lipinski definition) is 1. The number of amides is 1. The smallest absolute Gasteiger partial charge is 0.221 e. The van der Waals surface area contributed by atoms with Gasteiger partial charge in [0.05, 0.1) is 7.11 Å². The van der Waals surface area contributed by atoms with Gasteiger partial charge in [0.25, 0.3) is 0 Å². The van der Waals surface area contributed by atoms with Gasteiger partial charge >= 0.3 is 0 Å². The van der Waals surface area contributed by atoms with Crippen LogP contribution in [0.1, 0.15) is 25.3 Å². The van der Waals surface area contributed by atoms with Crippen molar-refractivity contribution in [1.82, 2.24) is 25.0 Å². The van der Waals surface area contributed by atoms with Gasteiger partial charge in [-0.25, -0.2) is 0 Å². The van der Waals surface area contributed by atoms with Crippen molar-refractivity contribution >= 4 is 17.7 Å². The van der Waals surface area contributed by atoms with Crippen molar-refractivity contribution in [2.75, 3.05) is 32.5 Å². The molecule has 1 aliphatic rings. The minimum Gasteiger partial charge on any atom is -0.497 e. The predicted molar refractivity (Wildman–Crippen MR) is 112 cm³/mol. The lowest BCUT2D eigenvalue weighted by Gasteiger charge is -2.22. The standard InChI is InChI=1S/C20H29N5O3S/c1-4-16-13-25(12-15-11-17(27-3)5-6-18(15)28-16)9-7-19(26)21-8-10-29-20-23-22-14-24(20)2/h5-6,11,14,16H,4,7-10,12-13H2,1-3H3,(H,21,26). The molecule has 1 aromatic heterocycles. The van der Waals surface area contributed by atoms with Crippen LogP contribution in [0.15, 0.2) is 29.7 Å². The minimum atomic E-state index is 0.0626. The monoisotopic (exact) mass is 419 g/mol. The van der Waals surface area contributed by atoms with E-state index >= 15 is 0 Å². The third kappa shape index (κ3) is 6.11. The largest absolute Gasteiger partial charge is 0.497 e. The van der Waals surface area contributed by atoms with Crippen LogP contribution in [-0.4, -0.2) is 64.2 Å². The number of aryl methyl sites for hydroxylation is 1. The van der Waals surface area contributed by atoms with Gasteiger partial charge in [-0.3, -0.25) is 9.69 Å². The van der Waals surface area contributed by atoms with E-state index in [1.807, 2.05) is 29.8 Å². The van der Waals surface area contributed by atoms with Crippen LogP contribution < -0.4 is 14.8 Å². The number of hydrogen-bond acceptors (Lipinski definition) is 7. The van der Waals surface area contributed by atoms with Crippen molar-refractivity contribution in [3.63, 3.8) is 0 Å². The van der Waals surface area contributed by atoms with Crippen molar-refractivity contribution in [3.8, 4) is 11.5 Å². The summed E-state index contributed by atoms with van der Waals surface area (Å²) >= 11 is 1.58. The molecule has 0 radical (unpaired) electrons. The van der Waals surface area contributed by atoms with Crippen LogP contribution in [-0.2, 0) is 18.4 Å². The molecule has 158 valence electrons. The summed E-state index contributed by atoms with van der Waals surface area (Å²) in [6.45, 7) is 4.98. The molecule has 8 nitrogen and oxygen atoms in total. The van der Waals surface area contributed by atoms with Crippen LogP contribution in [0.25, 0.3) is 0 Å². The Kier molecular flexibility index (Phi) is 7.76. The molecule has 1 N–H and O–H groups in total. The minimum absolute atomic E-state index is 0.0626. The maximum Gasteiger partial charge on any atom is 0.221 e. The highest BCUT2D eigenvalue weighted by Gasteiger charge is 2.22. The second-order valence-electron chi connectivity index (χ2n) is 7.03. The summed E-state index contributed by atoms with van der Waals surface area (Å²) in [4.78, 5) is 14.6. The Balaban J connectivity index is 1.46. The molecule has 1 aromatic carbocycles. The van der Waals surface area contributed by atoms with Gasteiger partial charge in [-0.15, -0.1) is 10.2 Å². The van der Waals surface area contributed by atoms with Crippen LogP contribution in [0.2, 0.25) is 0 Å². The summed E-state index contributed by atoms with van der Waals surface area (Å²) in [6, 6.07) is 5.92.